The van der Waals surface area contributed by atoms with Gasteiger partial charge >= 0.3 is 0 Å². The molecule has 2 aliphatic heterocycles. The van der Waals surface area contributed by atoms with Crippen molar-refractivity contribution in [3.8, 4) is 34.8 Å². The number of rotatable bonds is 8. The van der Waals surface area contributed by atoms with Crippen LogP contribution in [0.4, 0.5) is 0 Å². The molecule has 4 aromatic carbocycles. The predicted octanol–water partition coefficient (Wildman–Crippen LogP) is 8.75. The molecule has 4 heterocycles. The first-order chi connectivity index (χ1) is 25.3. The van der Waals surface area contributed by atoms with E-state index in [0.717, 1.165) is 45.5 Å². The predicted molar refractivity (Wildman–Crippen MR) is 195 cm³/mol. The summed E-state index contributed by atoms with van der Waals surface area (Å²) in [5.41, 5.74) is 3.84. The van der Waals surface area contributed by atoms with E-state index in [-0.39, 0.29) is 12.2 Å². The van der Waals surface area contributed by atoms with Gasteiger partial charge in [0.15, 0.2) is 12.2 Å². The van der Waals surface area contributed by atoms with Crippen molar-refractivity contribution in [1.29, 1.82) is 0 Å². The van der Waals surface area contributed by atoms with E-state index in [2.05, 4.69) is 20.5 Å². The third-order valence-electron chi connectivity index (χ3n) is 8.11. The molecular weight excluding hydrogens is 660 g/mol. The lowest BCUT2D eigenvalue weighted by Crippen LogP contribution is -2.09. The molecule has 12 heteroatoms. The zero-order valence-corrected chi connectivity index (χ0v) is 29.2. The Morgan fingerprint density at radius 2 is 0.865 bits per heavy atom. The van der Waals surface area contributed by atoms with Crippen molar-refractivity contribution in [2.24, 2.45) is 24.4 Å². The van der Waals surface area contributed by atoms with E-state index >= 15 is 0 Å². The molecular formula is C40H38N6O6. The van der Waals surface area contributed by atoms with Gasteiger partial charge in [0.2, 0.25) is 23.6 Å². The summed E-state index contributed by atoms with van der Waals surface area (Å²) in [5, 5.41) is 16.6. The van der Waals surface area contributed by atoms with E-state index in [1.54, 1.807) is 9.36 Å². The first kappa shape index (κ1) is 33.9. The third-order valence-corrected chi connectivity index (χ3v) is 8.11. The zero-order valence-electron chi connectivity index (χ0n) is 29.2. The Labute approximate surface area is 301 Å². The minimum absolute atomic E-state index is 0.162. The van der Waals surface area contributed by atoms with Crippen molar-refractivity contribution in [2.45, 2.75) is 38.9 Å². The highest BCUT2D eigenvalue weighted by molar-refractivity contribution is 5.80. The summed E-state index contributed by atoms with van der Waals surface area (Å²) in [4.78, 5) is 11.0. The summed E-state index contributed by atoms with van der Waals surface area (Å²) in [6.45, 7) is 3.84. The lowest BCUT2D eigenvalue weighted by Gasteiger charge is -2.10. The van der Waals surface area contributed by atoms with Gasteiger partial charge in [-0.2, -0.15) is 10.2 Å². The SMILES string of the molecule is Cc1cc(OC2=NO[C@@H](c3ccc(Oc4ccccc4)cc3)C2)n(C)n1.Cc1cc(OC2=NO[C@H](c3ccc(Oc4ccccc4)cc3)C2)n(C)n1. The topological polar surface area (TPSA) is 116 Å². The highest BCUT2D eigenvalue weighted by Gasteiger charge is 2.26. The Kier molecular flexibility index (Phi) is 10.1. The minimum Gasteiger partial charge on any atom is -0.457 e. The number of hydrogen-bond acceptors (Lipinski definition) is 10. The first-order valence-corrected chi connectivity index (χ1v) is 16.8. The number of ether oxygens (including phenoxy) is 4. The molecule has 52 heavy (non-hydrogen) atoms. The largest absolute Gasteiger partial charge is 0.457 e. The quantitative estimate of drug-likeness (QED) is 0.155. The molecule has 0 radical (unpaired) electrons. The standard InChI is InChI=1S/2C20H19N3O3/c2*1-14-12-20(23(2)21-14)25-19-13-18(26-22-19)15-8-10-17(11-9-15)24-16-6-4-3-5-7-16/h2*3-12,18H,13H2,1-2H3/t2*18-/m10/s1. The summed E-state index contributed by atoms with van der Waals surface area (Å²) < 4.78 is 26.5. The van der Waals surface area contributed by atoms with Crippen LogP contribution in [0.5, 0.6) is 34.8 Å². The molecule has 2 aromatic heterocycles. The first-order valence-electron chi connectivity index (χ1n) is 16.8. The number of para-hydroxylation sites is 2. The number of benzene rings is 4. The fraction of sp³-hybridized carbons (Fsp3) is 0.200. The molecule has 0 N–H and O–H groups in total. The van der Waals surface area contributed by atoms with Gasteiger partial charge in [-0.05, 0) is 73.5 Å². The molecule has 0 spiro atoms. The van der Waals surface area contributed by atoms with E-state index in [4.69, 9.17) is 28.6 Å². The van der Waals surface area contributed by atoms with Crippen molar-refractivity contribution in [2.75, 3.05) is 0 Å². The van der Waals surface area contributed by atoms with Crippen LogP contribution in [0.2, 0.25) is 0 Å². The lowest BCUT2D eigenvalue weighted by atomic mass is 10.1. The normalized spacial score (nSPS) is 16.1. The summed E-state index contributed by atoms with van der Waals surface area (Å²) in [7, 11) is 3.67. The second kappa shape index (κ2) is 15.5. The third kappa shape index (κ3) is 8.59. The lowest BCUT2D eigenvalue weighted by molar-refractivity contribution is 0.0854. The maximum absolute atomic E-state index is 5.81. The van der Waals surface area contributed by atoms with Crippen LogP contribution in [0, 0.1) is 13.8 Å². The van der Waals surface area contributed by atoms with Crippen LogP contribution < -0.4 is 18.9 Å². The van der Waals surface area contributed by atoms with Crippen LogP contribution in [0.15, 0.2) is 132 Å². The summed E-state index contributed by atoms with van der Waals surface area (Å²) in [6.07, 6.45) is 0.821. The molecule has 12 nitrogen and oxygen atoms in total. The van der Waals surface area contributed by atoms with Gasteiger partial charge in [-0.3, -0.25) is 0 Å². The molecule has 2 atom stereocenters. The number of nitrogens with zero attached hydrogens (tertiary/aromatic N) is 6. The van der Waals surface area contributed by atoms with Crippen LogP contribution in [0.3, 0.4) is 0 Å². The molecule has 0 saturated carbocycles. The van der Waals surface area contributed by atoms with Gasteiger partial charge in [-0.25, -0.2) is 9.36 Å². The Hall–Kier alpha value is -6.56. The van der Waals surface area contributed by atoms with Gasteiger partial charge in [-0.1, -0.05) is 71.0 Å². The second-order valence-electron chi connectivity index (χ2n) is 12.2. The van der Waals surface area contributed by atoms with Gasteiger partial charge in [0, 0.05) is 26.2 Å². The van der Waals surface area contributed by atoms with Gasteiger partial charge < -0.3 is 28.6 Å². The molecule has 0 saturated heterocycles. The minimum atomic E-state index is -0.162. The molecule has 8 rings (SSSR count). The summed E-state index contributed by atoms with van der Waals surface area (Å²) in [5.74, 6) is 5.56. The molecule has 0 bridgehead atoms. The Bertz CT molecular complexity index is 1990. The van der Waals surface area contributed by atoms with E-state index in [0.29, 0.717) is 36.4 Å². The van der Waals surface area contributed by atoms with Crippen LogP contribution in [0.1, 0.15) is 47.6 Å². The van der Waals surface area contributed by atoms with Gasteiger partial charge in [-0.15, -0.1) is 0 Å². The Balaban J connectivity index is 0.000000162. The molecule has 0 unspecified atom stereocenters. The molecule has 2 aliphatic rings. The van der Waals surface area contributed by atoms with Crippen molar-refractivity contribution in [3.05, 3.63) is 144 Å². The average Bonchev–Trinajstić information content (AvgIpc) is 3.95. The summed E-state index contributed by atoms with van der Waals surface area (Å²) >= 11 is 0. The Morgan fingerprint density at radius 3 is 1.21 bits per heavy atom. The van der Waals surface area contributed by atoms with Crippen molar-refractivity contribution >= 4 is 11.8 Å². The molecule has 0 aliphatic carbocycles. The Morgan fingerprint density at radius 1 is 0.500 bits per heavy atom. The smallest absolute Gasteiger partial charge is 0.237 e. The van der Waals surface area contributed by atoms with E-state index in [9.17, 15) is 0 Å². The molecule has 6 aromatic rings. The van der Waals surface area contributed by atoms with Crippen LogP contribution in [0.25, 0.3) is 0 Å². The summed E-state index contributed by atoms with van der Waals surface area (Å²) in [6, 6.07) is 38.7. The monoisotopic (exact) mass is 698 g/mol. The highest BCUT2D eigenvalue weighted by atomic mass is 16.7. The van der Waals surface area contributed by atoms with Crippen molar-refractivity contribution in [3.63, 3.8) is 0 Å². The van der Waals surface area contributed by atoms with E-state index in [1.165, 1.54) is 0 Å². The van der Waals surface area contributed by atoms with Crippen LogP contribution in [-0.2, 0) is 23.8 Å². The number of aromatic nitrogens is 4. The van der Waals surface area contributed by atoms with Gasteiger partial charge in [0.1, 0.15) is 23.0 Å². The van der Waals surface area contributed by atoms with E-state index in [1.807, 2.05) is 149 Å². The highest BCUT2D eigenvalue weighted by Crippen LogP contribution is 2.32. The van der Waals surface area contributed by atoms with Crippen LogP contribution >= 0.6 is 0 Å². The molecule has 264 valence electrons. The van der Waals surface area contributed by atoms with Gasteiger partial charge in [0.05, 0.1) is 24.2 Å². The number of hydrogen-bond donors (Lipinski definition) is 0. The molecule has 0 amide bonds. The second-order valence-corrected chi connectivity index (χ2v) is 12.2. The molecule has 0 fully saturated rings. The van der Waals surface area contributed by atoms with Gasteiger partial charge in [0.25, 0.3) is 0 Å². The van der Waals surface area contributed by atoms with Crippen LogP contribution in [-0.4, -0.2) is 31.4 Å². The maximum atomic E-state index is 5.81. The number of aryl methyl sites for hydroxylation is 4. The van der Waals surface area contributed by atoms with Crippen molar-refractivity contribution < 1.29 is 28.6 Å². The average molecular weight is 699 g/mol. The fourth-order valence-corrected chi connectivity index (χ4v) is 5.55. The zero-order chi connectivity index (χ0) is 35.9. The fourth-order valence-electron chi connectivity index (χ4n) is 5.55. The number of oxime groups is 2. The maximum Gasteiger partial charge on any atom is 0.237 e. The van der Waals surface area contributed by atoms with E-state index < -0.39 is 0 Å². The van der Waals surface area contributed by atoms with Crippen molar-refractivity contribution in [1.82, 2.24) is 19.6 Å².